The fraction of sp³-hybridized carbons (Fsp3) is 0.647. The van der Waals surface area contributed by atoms with Crippen molar-refractivity contribution in [3.63, 3.8) is 0 Å². The van der Waals surface area contributed by atoms with E-state index >= 15 is 0 Å². The van der Waals surface area contributed by atoms with Gasteiger partial charge in [-0.1, -0.05) is 18.2 Å². The van der Waals surface area contributed by atoms with Crippen LogP contribution in [0.5, 0.6) is 5.75 Å². The third-order valence-electron chi connectivity index (χ3n) is 4.18. The van der Waals surface area contributed by atoms with Crippen molar-refractivity contribution in [1.29, 1.82) is 0 Å². The van der Waals surface area contributed by atoms with Crippen LogP contribution in [0, 0.1) is 13.8 Å². The number of para-hydroxylation sites is 1. The van der Waals surface area contributed by atoms with Crippen LogP contribution in [0.1, 0.15) is 11.1 Å². The minimum absolute atomic E-state index is 0.215. The zero-order valence-corrected chi connectivity index (χ0v) is 13.7. The fourth-order valence-electron chi connectivity index (χ4n) is 2.89. The van der Waals surface area contributed by atoms with E-state index in [1.54, 1.807) is 0 Å². The number of nitrogens with zero attached hydrogens (tertiary/aromatic N) is 2. The third kappa shape index (κ3) is 4.95. The van der Waals surface area contributed by atoms with Gasteiger partial charge in [-0.25, -0.2) is 0 Å². The summed E-state index contributed by atoms with van der Waals surface area (Å²) in [6, 6.07) is 6.06. The summed E-state index contributed by atoms with van der Waals surface area (Å²) >= 11 is 0. The van der Waals surface area contributed by atoms with E-state index < -0.39 is 6.10 Å². The van der Waals surface area contributed by atoms with Gasteiger partial charge in [-0.2, -0.15) is 0 Å². The summed E-state index contributed by atoms with van der Waals surface area (Å²) in [4.78, 5) is 4.50. The van der Waals surface area contributed by atoms with E-state index in [2.05, 4.69) is 9.80 Å². The number of ether oxygens (including phenoxy) is 1. The molecule has 0 bridgehead atoms. The Balaban J connectivity index is 1.73. The highest BCUT2D eigenvalue weighted by molar-refractivity contribution is 5.39. The molecule has 5 heteroatoms. The first-order valence-electron chi connectivity index (χ1n) is 8.03. The third-order valence-corrected chi connectivity index (χ3v) is 4.18. The lowest BCUT2D eigenvalue weighted by Crippen LogP contribution is -2.49. The van der Waals surface area contributed by atoms with Crippen LogP contribution in [0.2, 0.25) is 0 Å². The molecule has 2 rings (SSSR count). The molecule has 0 aliphatic carbocycles. The Hall–Kier alpha value is -1.14. The maximum atomic E-state index is 10.2. The second-order valence-electron chi connectivity index (χ2n) is 6.05. The summed E-state index contributed by atoms with van der Waals surface area (Å²) in [6.07, 6.45) is -0.483. The molecule has 124 valence electrons. The minimum Gasteiger partial charge on any atom is -0.490 e. The van der Waals surface area contributed by atoms with Gasteiger partial charge in [0.25, 0.3) is 0 Å². The number of β-amino-alcohol motifs (C(OH)–C–C–N with tert-alkyl or cyclic N) is 2. The van der Waals surface area contributed by atoms with Gasteiger partial charge in [-0.3, -0.25) is 9.80 Å². The normalized spacial score (nSPS) is 18.4. The monoisotopic (exact) mass is 308 g/mol. The van der Waals surface area contributed by atoms with Gasteiger partial charge in [0, 0.05) is 39.3 Å². The van der Waals surface area contributed by atoms with E-state index in [9.17, 15) is 5.11 Å². The molecule has 22 heavy (non-hydrogen) atoms. The number of aryl methyl sites for hydroxylation is 2. The van der Waals surface area contributed by atoms with Gasteiger partial charge >= 0.3 is 0 Å². The first-order valence-corrected chi connectivity index (χ1v) is 8.03. The van der Waals surface area contributed by atoms with Gasteiger partial charge in [0.15, 0.2) is 0 Å². The number of aliphatic hydroxyl groups excluding tert-OH is 2. The van der Waals surface area contributed by atoms with Crippen LogP contribution >= 0.6 is 0 Å². The van der Waals surface area contributed by atoms with E-state index in [4.69, 9.17) is 9.84 Å². The first kappa shape index (κ1) is 17.2. The summed E-state index contributed by atoms with van der Waals surface area (Å²) in [5.41, 5.74) is 2.20. The summed E-state index contributed by atoms with van der Waals surface area (Å²) in [7, 11) is 0. The van der Waals surface area contributed by atoms with Crippen LogP contribution in [-0.2, 0) is 0 Å². The molecule has 1 atom stereocenters. The highest BCUT2D eigenvalue weighted by atomic mass is 16.5. The molecular weight excluding hydrogens is 280 g/mol. The predicted molar refractivity (Wildman–Crippen MR) is 87.4 cm³/mol. The van der Waals surface area contributed by atoms with Crippen LogP contribution in [0.3, 0.4) is 0 Å². The van der Waals surface area contributed by atoms with E-state index in [-0.39, 0.29) is 6.61 Å². The summed E-state index contributed by atoms with van der Waals surface area (Å²) in [5, 5.41) is 19.1. The molecule has 2 N–H and O–H groups in total. The van der Waals surface area contributed by atoms with E-state index in [1.165, 1.54) is 0 Å². The molecule has 1 fully saturated rings. The zero-order valence-electron chi connectivity index (χ0n) is 13.7. The molecule has 5 nitrogen and oxygen atoms in total. The molecule has 1 aliphatic heterocycles. The molecule has 0 spiro atoms. The second-order valence-corrected chi connectivity index (χ2v) is 6.05. The van der Waals surface area contributed by atoms with Crippen molar-refractivity contribution in [3.8, 4) is 5.75 Å². The van der Waals surface area contributed by atoms with Crippen molar-refractivity contribution in [1.82, 2.24) is 9.80 Å². The molecular formula is C17H28N2O3. The molecule has 1 aromatic rings. The summed E-state index contributed by atoms with van der Waals surface area (Å²) < 4.78 is 5.81. The van der Waals surface area contributed by atoms with Crippen LogP contribution in [0.4, 0.5) is 0 Å². The van der Waals surface area contributed by atoms with Crippen molar-refractivity contribution < 1.29 is 14.9 Å². The number of aliphatic hydroxyl groups is 2. The lowest BCUT2D eigenvalue weighted by Gasteiger charge is -2.35. The topological polar surface area (TPSA) is 56.2 Å². The molecule has 0 radical (unpaired) electrons. The number of rotatable bonds is 7. The first-order chi connectivity index (χ1) is 10.6. The van der Waals surface area contributed by atoms with Crippen molar-refractivity contribution in [2.45, 2.75) is 20.0 Å². The average molecular weight is 308 g/mol. The molecule has 1 aromatic carbocycles. The lowest BCUT2D eigenvalue weighted by molar-refractivity contribution is 0.0426. The highest BCUT2D eigenvalue weighted by Gasteiger charge is 2.19. The van der Waals surface area contributed by atoms with Crippen molar-refractivity contribution in [2.24, 2.45) is 0 Å². The molecule has 1 aliphatic rings. The van der Waals surface area contributed by atoms with Crippen molar-refractivity contribution >= 4 is 0 Å². The van der Waals surface area contributed by atoms with E-state index in [1.807, 2.05) is 32.0 Å². The van der Waals surface area contributed by atoms with Crippen LogP contribution in [0.25, 0.3) is 0 Å². The van der Waals surface area contributed by atoms with Gasteiger partial charge in [0.05, 0.1) is 6.61 Å². The Morgan fingerprint density at radius 1 is 1.09 bits per heavy atom. The van der Waals surface area contributed by atoms with Gasteiger partial charge < -0.3 is 14.9 Å². The summed E-state index contributed by atoms with van der Waals surface area (Å²) in [5.74, 6) is 0.884. The van der Waals surface area contributed by atoms with Gasteiger partial charge in [-0.15, -0.1) is 0 Å². The largest absolute Gasteiger partial charge is 0.490 e. The Bertz CT molecular complexity index is 439. The Morgan fingerprint density at radius 2 is 1.68 bits per heavy atom. The standard InChI is InChI=1S/C17H28N2O3/c1-14-4-3-5-15(2)17(14)22-13-16(21)12-19-8-6-18(7-9-19)10-11-20/h3-5,16,20-21H,6-13H2,1-2H3. The number of hydrogen-bond donors (Lipinski definition) is 2. The SMILES string of the molecule is Cc1cccc(C)c1OCC(O)CN1CCN(CCO)CC1. The number of piperazine rings is 1. The van der Waals surface area contributed by atoms with Crippen LogP contribution < -0.4 is 4.74 Å². The molecule has 0 saturated carbocycles. The number of benzene rings is 1. The van der Waals surface area contributed by atoms with E-state index in [0.717, 1.165) is 49.6 Å². The zero-order chi connectivity index (χ0) is 15.9. The summed E-state index contributed by atoms with van der Waals surface area (Å²) in [6.45, 7) is 9.72. The highest BCUT2D eigenvalue weighted by Crippen LogP contribution is 2.22. The van der Waals surface area contributed by atoms with Crippen molar-refractivity contribution in [2.75, 3.05) is 52.5 Å². The second kappa shape index (κ2) is 8.48. The molecule has 1 unspecified atom stereocenters. The van der Waals surface area contributed by atoms with Crippen LogP contribution in [-0.4, -0.2) is 78.6 Å². The van der Waals surface area contributed by atoms with E-state index in [0.29, 0.717) is 13.2 Å². The Morgan fingerprint density at radius 3 is 2.27 bits per heavy atom. The molecule has 0 amide bonds. The minimum atomic E-state index is -0.483. The van der Waals surface area contributed by atoms with Crippen LogP contribution in [0.15, 0.2) is 18.2 Å². The maximum Gasteiger partial charge on any atom is 0.125 e. The predicted octanol–water partition coefficient (Wildman–Crippen LogP) is 0.653. The fourth-order valence-corrected chi connectivity index (χ4v) is 2.89. The van der Waals surface area contributed by atoms with Gasteiger partial charge in [0.2, 0.25) is 0 Å². The van der Waals surface area contributed by atoms with Crippen molar-refractivity contribution in [3.05, 3.63) is 29.3 Å². The molecule has 1 saturated heterocycles. The van der Waals surface area contributed by atoms with Gasteiger partial charge in [0.1, 0.15) is 18.5 Å². The smallest absolute Gasteiger partial charge is 0.125 e. The molecule has 1 heterocycles. The molecule has 0 aromatic heterocycles. The average Bonchev–Trinajstić information content (AvgIpc) is 2.49. The Labute approximate surface area is 133 Å². The van der Waals surface area contributed by atoms with Gasteiger partial charge in [-0.05, 0) is 25.0 Å². The lowest BCUT2D eigenvalue weighted by atomic mass is 10.1. The maximum absolute atomic E-state index is 10.2. The quantitative estimate of drug-likeness (QED) is 0.775. The Kier molecular flexibility index (Phi) is 6.64. The number of hydrogen-bond acceptors (Lipinski definition) is 5.